The summed E-state index contributed by atoms with van der Waals surface area (Å²) >= 11 is 4.09. The van der Waals surface area contributed by atoms with Gasteiger partial charge in [0.2, 0.25) is 0 Å². The molecule has 0 radical (unpaired) electrons. The topological polar surface area (TPSA) is 0 Å². The van der Waals surface area contributed by atoms with Crippen LogP contribution in [0.25, 0.3) is 0 Å². The van der Waals surface area contributed by atoms with Gasteiger partial charge < -0.3 is 0 Å². The van der Waals surface area contributed by atoms with E-state index in [9.17, 15) is 0 Å². The Morgan fingerprint density at radius 3 is 2.67 bits per heavy atom. The van der Waals surface area contributed by atoms with E-state index in [-0.39, 0.29) is 0 Å². The van der Waals surface area contributed by atoms with Gasteiger partial charge in [-0.15, -0.1) is 12.6 Å². The van der Waals surface area contributed by atoms with E-state index < -0.39 is 0 Å². The first-order chi connectivity index (χ1) is 2.89. The molecule has 0 unspecified atom stereocenters. The van der Waals surface area contributed by atoms with Gasteiger partial charge in [0.25, 0.3) is 0 Å². The largest absolute Gasteiger partial charge is 0.148 e. The maximum absolute atomic E-state index is 4.09. The van der Waals surface area contributed by atoms with Crippen LogP contribution in [-0.2, 0) is 0 Å². The SMILES string of the molecule is SC1=CC=CC1. The minimum Gasteiger partial charge on any atom is -0.148 e. The second kappa shape index (κ2) is 1.52. The molecular weight excluding hydrogens is 92.1 g/mol. The summed E-state index contributed by atoms with van der Waals surface area (Å²) in [7, 11) is 0. The highest BCUT2D eigenvalue weighted by atomic mass is 32.1. The van der Waals surface area contributed by atoms with Crippen LogP contribution in [0.3, 0.4) is 0 Å². The molecule has 1 aliphatic rings. The standard InChI is InChI=1S/C5H6S/c6-5-3-1-2-4-5/h1-3,6H,4H2. The second-order valence-corrected chi connectivity index (χ2v) is 1.86. The van der Waals surface area contributed by atoms with Crippen LogP contribution in [0.4, 0.5) is 0 Å². The van der Waals surface area contributed by atoms with E-state index in [1.807, 2.05) is 12.2 Å². The van der Waals surface area contributed by atoms with Gasteiger partial charge in [-0.2, -0.15) is 0 Å². The lowest BCUT2D eigenvalue weighted by Gasteiger charge is -1.77. The average Bonchev–Trinajstić information content (AvgIpc) is 1.86. The molecule has 0 aliphatic heterocycles. The average molecular weight is 98.2 g/mol. The Bertz CT molecular complexity index is 101. The van der Waals surface area contributed by atoms with E-state index in [0.29, 0.717) is 0 Å². The molecule has 1 rings (SSSR count). The van der Waals surface area contributed by atoms with E-state index in [1.54, 1.807) is 0 Å². The van der Waals surface area contributed by atoms with E-state index in [4.69, 9.17) is 0 Å². The zero-order valence-corrected chi connectivity index (χ0v) is 4.28. The lowest BCUT2D eigenvalue weighted by Crippen LogP contribution is -1.53. The van der Waals surface area contributed by atoms with E-state index in [1.165, 1.54) is 0 Å². The summed E-state index contributed by atoms with van der Waals surface area (Å²) in [5, 5.41) is 0. The van der Waals surface area contributed by atoms with Crippen LogP contribution in [0.1, 0.15) is 6.42 Å². The Morgan fingerprint density at radius 2 is 2.50 bits per heavy atom. The van der Waals surface area contributed by atoms with Gasteiger partial charge in [-0.3, -0.25) is 0 Å². The molecule has 0 atom stereocenters. The van der Waals surface area contributed by atoms with Crippen LogP contribution in [0, 0.1) is 0 Å². The predicted molar refractivity (Wildman–Crippen MR) is 30.8 cm³/mol. The van der Waals surface area contributed by atoms with Crippen LogP contribution >= 0.6 is 12.6 Å². The van der Waals surface area contributed by atoms with Crippen LogP contribution in [0.15, 0.2) is 23.1 Å². The Kier molecular flexibility index (Phi) is 1.01. The Labute approximate surface area is 43.0 Å². The minimum atomic E-state index is 1.03. The number of thiol groups is 1. The van der Waals surface area contributed by atoms with Crippen molar-refractivity contribution in [1.82, 2.24) is 0 Å². The molecule has 32 valence electrons. The Morgan fingerprint density at radius 1 is 1.67 bits per heavy atom. The third kappa shape index (κ3) is 0.658. The first-order valence-electron chi connectivity index (χ1n) is 1.94. The van der Waals surface area contributed by atoms with Crippen molar-refractivity contribution in [3.8, 4) is 0 Å². The molecule has 0 spiro atoms. The van der Waals surface area contributed by atoms with Crippen molar-refractivity contribution in [3.63, 3.8) is 0 Å². The molecule has 0 fully saturated rings. The minimum absolute atomic E-state index is 1.03. The summed E-state index contributed by atoms with van der Waals surface area (Å²) in [5.41, 5.74) is 0. The number of hydrogen-bond donors (Lipinski definition) is 1. The summed E-state index contributed by atoms with van der Waals surface area (Å²) in [6.45, 7) is 0. The second-order valence-electron chi connectivity index (χ2n) is 1.29. The Balaban J connectivity index is 2.61. The van der Waals surface area contributed by atoms with Gasteiger partial charge in [0.1, 0.15) is 0 Å². The molecule has 0 nitrogen and oxygen atoms in total. The molecule has 0 saturated heterocycles. The van der Waals surface area contributed by atoms with Gasteiger partial charge in [-0.25, -0.2) is 0 Å². The van der Waals surface area contributed by atoms with Crippen LogP contribution < -0.4 is 0 Å². The molecular formula is C5H6S. The first-order valence-corrected chi connectivity index (χ1v) is 2.39. The summed E-state index contributed by atoms with van der Waals surface area (Å²) in [4.78, 5) is 1.16. The highest BCUT2D eigenvalue weighted by Crippen LogP contribution is 2.12. The fourth-order valence-electron chi connectivity index (χ4n) is 0.436. The summed E-state index contributed by atoms with van der Waals surface area (Å²) in [6.07, 6.45) is 7.14. The lowest BCUT2D eigenvalue weighted by atomic mass is 10.5. The van der Waals surface area contributed by atoms with Crippen molar-refractivity contribution in [2.24, 2.45) is 0 Å². The molecule has 0 N–H and O–H groups in total. The summed E-state index contributed by atoms with van der Waals surface area (Å²) in [5.74, 6) is 0. The van der Waals surface area contributed by atoms with Gasteiger partial charge >= 0.3 is 0 Å². The lowest BCUT2D eigenvalue weighted by molar-refractivity contribution is 1.42. The van der Waals surface area contributed by atoms with E-state index in [0.717, 1.165) is 11.3 Å². The van der Waals surface area contributed by atoms with Crippen molar-refractivity contribution in [1.29, 1.82) is 0 Å². The van der Waals surface area contributed by atoms with E-state index in [2.05, 4.69) is 18.7 Å². The maximum Gasteiger partial charge on any atom is -0.00367 e. The van der Waals surface area contributed by atoms with Gasteiger partial charge in [-0.05, 0) is 11.3 Å². The fourth-order valence-corrected chi connectivity index (χ4v) is 0.627. The number of hydrogen-bond acceptors (Lipinski definition) is 1. The van der Waals surface area contributed by atoms with Crippen LogP contribution in [0.5, 0.6) is 0 Å². The summed E-state index contributed by atoms with van der Waals surface area (Å²) < 4.78 is 0. The van der Waals surface area contributed by atoms with Crippen molar-refractivity contribution >= 4 is 12.6 Å². The zero-order valence-electron chi connectivity index (χ0n) is 3.39. The van der Waals surface area contributed by atoms with Gasteiger partial charge in [0.05, 0.1) is 0 Å². The smallest absolute Gasteiger partial charge is 0.00367 e. The third-order valence-electron chi connectivity index (χ3n) is 0.752. The van der Waals surface area contributed by atoms with Crippen molar-refractivity contribution in [2.45, 2.75) is 6.42 Å². The molecule has 0 aromatic rings. The molecule has 0 saturated carbocycles. The highest BCUT2D eigenvalue weighted by molar-refractivity contribution is 7.84. The quantitative estimate of drug-likeness (QED) is 0.438. The van der Waals surface area contributed by atoms with Gasteiger partial charge in [0.15, 0.2) is 0 Å². The molecule has 0 aromatic carbocycles. The van der Waals surface area contributed by atoms with Crippen molar-refractivity contribution in [3.05, 3.63) is 23.1 Å². The molecule has 6 heavy (non-hydrogen) atoms. The molecule has 0 amide bonds. The molecule has 1 aliphatic carbocycles. The van der Waals surface area contributed by atoms with Gasteiger partial charge in [-0.1, -0.05) is 18.2 Å². The van der Waals surface area contributed by atoms with Gasteiger partial charge in [0, 0.05) is 0 Å². The molecule has 0 bridgehead atoms. The fraction of sp³-hybridized carbons (Fsp3) is 0.200. The van der Waals surface area contributed by atoms with Crippen LogP contribution in [0.2, 0.25) is 0 Å². The zero-order chi connectivity index (χ0) is 4.41. The summed E-state index contributed by atoms with van der Waals surface area (Å²) in [6, 6.07) is 0. The monoisotopic (exact) mass is 98.0 g/mol. The number of rotatable bonds is 0. The predicted octanol–water partition coefficient (Wildman–Crippen LogP) is 1.76. The van der Waals surface area contributed by atoms with Crippen molar-refractivity contribution < 1.29 is 0 Å². The molecule has 0 heterocycles. The van der Waals surface area contributed by atoms with Crippen LogP contribution in [-0.4, -0.2) is 0 Å². The third-order valence-corrected chi connectivity index (χ3v) is 1.08. The first kappa shape index (κ1) is 4.00. The normalized spacial score (nSPS) is 18.5. The molecule has 1 heteroatoms. The van der Waals surface area contributed by atoms with E-state index >= 15 is 0 Å². The Hall–Kier alpha value is -0.170. The maximum atomic E-state index is 4.09. The highest BCUT2D eigenvalue weighted by Gasteiger charge is 1.87. The number of allylic oxidation sites excluding steroid dienone is 4. The molecule has 0 aromatic heterocycles. The van der Waals surface area contributed by atoms with Crippen molar-refractivity contribution in [2.75, 3.05) is 0 Å².